The number of rotatable bonds is 0. The number of amides is 8. The summed E-state index contributed by atoms with van der Waals surface area (Å²) in [7, 11) is 14.7. The Morgan fingerprint density at radius 2 is 0.474 bits per heavy atom. The number of nitrogens with one attached hydrogen (secondary N) is 8. The minimum Gasteiger partial charge on any atom is -0.506 e. The summed E-state index contributed by atoms with van der Waals surface area (Å²) in [5, 5.41) is 38.2. The molecule has 27 heteroatoms. The van der Waals surface area contributed by atoms with E-state index in [9.17, 15) is 24.3 Å². The number of hydrogen-bond donors (Lipinski definition) is 9. The molecule has 0 aromatic heterocycles. The number of aromatic hydroxyl groups is 1. The van der Waals surface area contributed by atoms with Crippen molar-refractivity contribution in [3.05, 3.63) is 121 Å². The van der Waals surface area contributed by atoms with E-state index >= 15 is 19.2 Å². The molecule has 95 heavy (non-hydrogen) atoms. The second kappa shape index (κ2) is 32.5. The van der Waals surface area contributed by atoms with Crippen molar-refractivity contribution in [3.63, 3.8) is 0 Å². The molecule has 14 bridgehead atoms. The number of fused-ring (bicyclic) bond motifs is 21. The fourth-order valence-corrected chi connectivity index (χ4v) is 37.4. The molecule has 4 aromatic carbocycles. The monoisotopic (exact) mass is 1480 g/mol. The molecule has 0 radical (unpaired) electrons. The van der Waals surface area contributed by atoms with E-state index < -0.39 is 41.7 Å². The molecule has 4 aromatic rings. The Hall–Kier alpha value is -4.06. The lowest BCUT2D eigenvalue weighted by Gasteiger charge is -2.40. The van der Waals surface area contributed by atoms with Crippen LogP contribution in [0.2, 0.25) is 0 Å². The highest BCUT2D eigenvalue weighted by molar-refractivity contribution is 9.52. The van der Waals surface area contributed by atoms with Gasteiger partial charge in [0.2, 0.25) is 0 Å². The van der Waals surface area contributed by atoms with E-state index in [0.29, 0.717) is 111 Å². The van der Waals surface area contributed by atoms with Crippen molar-refractivity contribution in [2.75, 3.05) is 0 Å². The zero-order valence-electron chi connectivity index (χ0n) is 55.4. The van der Waals surface area contributed by atoms with Gasteiger partial charge in [-0.2, -0.15) is 0 Å². The van der Waals surface area contributed by atoms with Gasteiger partial charge in [-0.25, -0.2) is 0 Å². The van der Waals surface area contributed by atoms with Crippen molar-refractivity contribution in [1.82, 2.24) is 42.5 Å². The first kappa shape index (κ1) is 73.7. The fraction of sp³-hybridized carbons (Fsp3) is 0.529. The molecule has 6 aliphatic rings. The first-order chi connectivity index (χ1) is 45.2. The number of phenols is 1. The predicted molar refractivity (Wildman–Crippen MR) is 399 cm³/mol. The van der Waals surface area contributed by atoms with Crippen LogP contribution >= 0.6 is 100 Å². The second-order valence-corrected chi connectivity index (χ2v) is 44.0. The van der Waals surface area contributed by atoms with Crippen LogP contribution < -0.4 is 42.5 Å². The fourth-order valence-electron chi connectivity index (χ4n) is 14.9. The second-order valence-electron chi connectivity index (χ2n) is 27.7. The van der Waals surface area contributed by atoms with Crippen molar-refractivity contribution in [2.45, 2.75) is 193 Å². The number of carbonyl (C=O) groups is 8. The van der Waals surface area contributed by atoms with E-state index in [1.165, 1.54) is 80.5 Å². The lowest BCUT2D eigenvalue weighted by Crippen LogP contribution is -2.53. The summed E-state index contributed by atoms with van der Waals surface area (Å²) in [6, 6.07) is 12.5. The van der Waals surface area contributed by atoms with Gasteiger partial charge in [-0.15, -0.1) is 0 Å². The molecule has 512 valence electrons. The van der Waals surface area contributed by atoms with Crippen molar-refractivity contribution >= 4 is 147 Å². The third kappa shape index (κ3) is 17.9. The van der Waals surface area contributed by atoms with E-state index in [-0.39, 0.29) is 118 Å². The van der Waals surface area contributed by atoms with Gasteiger partial charge in [-0.3, -0.25) is 38.4 Å². The lowest BCUT2D eigenvalue weighted by atomic mass is 9.76. The van der Waals surface area contributed by atoms with Gasteiger partial charge in [0.25, 0.3) is 47.3 Å². The summed E-state index contributed by atoms with van der Waals surface area (Å²) in [6.45, 7) is 24.0. The number of carbonyl (C=O) groups excluding carboxylic acids is 8. The highest BCUT2D eigenvalue weighted by Crippen LogP contribution is 2.62. The van der Waals surface area contributed by atoms with Crippen LogP contribution in [0.5, 0.6) is 5.75 Å². The van der Waals surface area contributed by atoms with E-state index in [1.54, 1.807) is 69.0 Å². The number of aryl methyl sites for hydroxylation is 4. The smallest absolute Gasteiger partial charge is 0.255 e. The zero-order chi connectivity index (χ0) is 68.3. The Bertz CT molecular complexity index is 3400. The van der Waals surface area contributed by atoms with Crippen LogP contribution in [0.25, 0.3) is 0 Å². The SMILES string of the molecule is Cc1cc2cc(c1)C(=O)NC1CC(NC(=O)c3cc(C)cc4c3SSSSSSSSSSc3c(cc(C)cc3C(=O)NC3CC(NC(=O)c5cc(C)cc(c5O)C(=O)NC5CC(NC4=O)C(C)CC5C)C(C)CC3C)C(=O)NC3CC(NC2=O)C(C)CC3C)C(C)CC1C. The van der Waals surface area contributed by atoms with Gasteiger partial charge in [0, 0.05) is 69.3 Å². The maximum atomic E-state index is 15.1. The average molecular weight is 1480 g/mol. The molecule has 8 amide bonds. The molecule has 16 atom stereocenters. The van der Waals surface area contributed by atoms with E-state index in [0.717, 1.165) is 5.56 Å². The van der Waals surface area contributed by atoms with Gasteiger partial charge >= 0.3 is 0 Å². The standard InChI is InChI=1S/C68H86N8O9S10/c1-30-13-42-25-43(14-30)62(79)70-51-27-55(39(10)22-35(51)6)74-66(83)47-18-33(4)20-49-60(47)87-89-91-93-95-94-92-90-88-86-59-46(65(82)73-54-26-50(69-61(42)78)34(5)21-38(54)9)17-32(3)19-48(59)67(84)75-56-28-52(36(7)23-40(56)11)71-63(80)44-15-31(2)16-45(58(44)77)64(81)72-53-29-57(76-68(49)85)41(12)24-37(53)8/h13-20,25,34-41,50-57,77H,21-24,26-29H2,1-12H3,(H,69,78)(H,70,79)(H,71,80)(H,72,81)(H,73,82)(H,74,83)(H,75,84)(H,76,85). The summed E-state index contributed by atoms with van der Waals surface area (Å²) in [5.41, 5.74) is 4.65. The molecular formula is C68H86N8O9S10. The third-order valence-corrected chi connectivity index (χ3v) is 39.8. The van der Waals surface area contributed by atoms with Crippen LogP contribution in [0, 0.1) is 75.0 Å². The van der Waals surface area contributed by atoms with Gasteiger partial charge in [0.1, 0.15) is 5.75 Å². The maximum absolute atomic E-state index is 15.1. The van der Waals surface area contributed by atoms with Crippen LogP contribution in [-0.2, 0) is 0 Å². The molecular weight excluding hydrogens is 1390 g/mol. The first-order valence-corrected chi connectivity index (χ1v) is 45.4. The summed E-state index contributed by atoms with van der Waals surface area (Å²) < 4.78 is 0. The van der Waals surface area contributed by atoms with Crippen LogP contribution in [-0.4, -0.2) is 101 Å². The van der Waals surface area contributed by atoms with Gasteiger partial charge in [-0.05, 0) is 303 Å². The molecule has 16 unspecified atom stereocenters. The van der Waals surface area contributed by atoms with Crippen LogP contribution in [0.15, 0.2) is 64.4 Å². The summed E-state index contributed by atoms with van der Waals surface area (Å²) in [5.74, 6) is -3.52. The Kier molecular flexibility index (Phi) is 25.2. The van der Waals surface area contributed by atoms with Crippen molar-refractivity contribution in [3.8, 4) is 5.75 Å². The number of phenolic OH excluding ortho intramolecular Hbond substituents is 1. The maximum Gasteiger partial charge on any atom is 0.255 e. The van der Waals surface area contributed by atoms with Crippen LogP contribution in [0.1, 0.15) is 212 Å². The summed E-state index contributed by atoms with van der Waals surface area (Å²) in [6.07, 6.45) is 4.37. The quantitative estimate of drug-likeness (QED) is 0.0742. The van der Waals surface area contributed by atoms with E-state index in [4.69, 9.17) is 0 Å². The first-order valence-electron chi connectivity index (χ1n) is 32.6. The van der Waals surface area contributed by atoms with E-state index in [2.05, 4.69) is 97.9 Å². The van der Waals surface area contributed by atoms with Crippen molar-refractivity contribution < 1.29 is 43.5 Å². The number of hydrogen-bond acceptors (Lipinski definition) is 19. The number of benzene rings is 4. The third-order valence-electron chi connectivity index (χ3n) is 20.3. The molecule has 0 spiro atoms. The van der Waals surface area contributed by atoms with Gasteiger partial charge in [0.15, 0.2) is 0 Å². The Morgan fingerprint density at radius 1 is 0.274 bits per heavy atom. The zero-order valence-corrected chi connectivity index (χ0v) is 63.6. The van der Waals surface area contributed by atoms with Crippen molar-refractivity contribution in [1.29, 1.82) is 0 Å². The summed E-state index contributed by atoms with van der Waals surface area (Å²) >= 11 is 0. The minimum absolute atomic E-state index is 0.000544. The average Bonchev–Trinajstić information content (AvgIpc) is 0.815. The molecule has 10 rings (SSSR count). The van der Waals surface area contributed by atoms with Crippen LogP contribution in [0.3, 0.4) is 0 Å². The molecule has 9 N–H and O–H groups in total. The van der Waals surface area contributed by atoms with Gasteiger partial charge in [0.05, 0.1) is 33.4 Å². The lowest BCUT2D eigenvalue weighted by molar-refractivity contribution is 0.0818. The van der Waals surface area contributed by atoms with Gasteiger partial charge < -0.3 is 47.6 Å². The van der Waals surface area contributed by atoms with E-state index in [1.807, 2.05) is 32.9 Å². The Morgan fingerprint density at radius 3 is 0.726 bits per heavy atom. The summed E-state index contributed by atoms with van der Waals surface area (Å²) in [4.78, 5) is 119. The predicted octanol–water partition coefficient (Wildman–Crippen LogP) is 15.1. The Labute approximate surface area is 595 Å². The molecule has 4 aliphatic carbocycles. The Balaban J connectivity index is 1.03. The molecule has 2 heterocycles. The molecule has 4 fully saturated rings. The van der Waals surface area contributed by atoms with Crippen molar-refractivity contribution in [2.24, 2.45) is 47.3 Å². The largest absolute Gasteiger partial charge is 0.506 e. The molecule has 0 saturated heterocycles. The molecule has 4 saturated carbocycles. The molecule has 17 nitrogen and oxygen atoms in total. The minimum atomic E-state index is -0.557. The topological polar surface area (TPSA) is 253 Å². The highest BCUT2D eigenvalue weighted by Gasteiger charge is 2.41. The highest BCUT2D eigenvalue weighted by atomic mass is 34.0. The van der Waals surface area contributed by atoms with Crippen LogP contribution in [0.4, 0.5) is 0 Å². The molecule has 2 aliphatic heterocycles. The normalized spacial score (nSPS) is 31.3. The van der Waals surface area contributed by atoms with Gasteiger partial charge in [-0.1, -0.05) is 55.4 Å².